The summed E-state index contributed by atoms with van der Waals surface area (Å²) in [5.41, 5.74) is 2.92. The molecule has 120 valence electrons. The summed E-state index contributed by atoms with van der Waals surface area (Å²) in [6.45, 7) is 3.80. The number of anilines is 2. The maximum atomic E-state index is 11.9. The number of carbonyl (C=O) groups excluding carboxylic acids is 2. The molecule has 0 saturated carbocycles. The quantitative estimate of drug-likeness (QED) is 0.793. The number of halogens is 2. The van der Waals surface area contributed by atoms with Crippen molar-refractivity contribution in [2.45, 2.75) is 20.3 Å². The van der Waals surface area contributed by atoms with Gasteiger partial charge in [0.15, 0.2) is 0 Å². The van der Waals surface area contributed by atoms with Gasteiger partial charge in [-0.2, -0.15) is 0 Å². The minimum Gasteiger partial charge on any atom is -0.324 e. The average molecular weight is 351 g/mol. The van der Waals surface area contributed by atoms with E-state index in [1.54, 1.807) is 24.3 Å². The number of amides is 2. The highest BCUT2D eigenvalue weighted by atomic mass is 35.5. The standard InChI is InChI=1S/C17H16Cl2N2O2/c1-10-3-5-14(12(18)7-10)20-16(22)9-17(23)21-15-6-4-11(2)8-13(15)19/h3-8H,9H2,1-2H3,(H,20,22)(H,21,23). The first kappa shape index (κ1) is 17.3. The molecule has 0 aliphatic carbocycles. The first-order valence-corrected chi connectivity index (χ1v) is 7.73. The molecule has 0 fully saturated rings. The van der Waals surface area contributed by atoms with Gasteiger partial charge in [0.2, 0.25) is 11.8 Å². The lowest BCUT2D eigenvalue weighted by Gasteiger charge is -2.09. The summed E-state index contributed by atoms with van der Waals surface area (Å²) in [4.78, 5) is 23.9. The minimum atomic E-state index is -0.448. The van der Waals surface area contributed by atoms with E-state index in [-0.39, 0.29) is 6.42 Å². The zero-order chi connectivity index (χ0) is 17.0. The largest absolute Gasteiger partial charge is 0.324 e. The number of benzene rings is 2. The summed E-state index contributed by atoms with van der Waals surface area (Å²) < 4.78 is 0. The second kappa shape index (κ2) is 7.49. The van der Waals surface area contributed by atoms with E-state index in [1.165, 1.54) is 0 Å². The summed E-state index contributed by atoms with van der Waals surface area (Å²) in [5.74, 6) is -0.895. The van der Waals surface area contributed by atoms with Crippen LogP contribution in [0.3, 0.4) is 0 Å². The Kier molecular flexibility index (Phi) is 5.64. The van der Waals surface area contributed by atoms with Gasteiger partial charge in [-0.1, -0.05) is 35.3 Å². The number of rotatable bonds is 4. The first-order valence-electron chi connectivity index (χ1n) is 6.97. The summed E-state index contributed by atoms with van der Waals surface area (Å²) in [6.07, 6.45) is -0.325. The van der Waals surface area contributed by atoms with Gasteiger partial charge < -0.3 is 10.6 Å². The maximum Gasteiger partial charge on any atom is 0.233 e. The molecule has 0 aliphatic heterocycles. The monoisotopic (exact) mass is 350 g/mol. The van der Waals surface area contributed by atoms with Crippen LogP contribution in [0.15, 0.2) is 36.4 Å². The topological polar surface area (TPSA) is 58.2 Å². The maximum absolute atomic E-state index is 11.9. The number of hydrogen-bond acceptors (Lipinski definition) is 2. The number of aryl methyl sites for hydroxylation is 2. The molecule has 0 unspecified atom stereocenters. The molecule has 0 aliphatic rings. The molecule has 0 heterocycles. The van der Waals surface area contributed by atoms with Crippen molar-refractivity contribution >= 4 is 46.4 Å². The second-order valence-corrected chi connectivity index (χ2v) is 6.05. The molecule has 2 aromatic carbocycles. The van der Waals surface area contributed by atoms with Crippen LogP contribution in [0.5, 0.6) is 0 Å². The Labute approximate surface area is 144 Å². The van der Waals surface area contributed by atoms with Crippen molar-refractivity contribution in [1.29, 1.82) is 0 Å². The van der Waals surface area contributed by atoms with E-state index in [4.69, 9.17) is 23.2 Å². The molecule has 0 atom stereocenters. The predicted octanol–water partition coefficient (Wildman–Crippen LogP) is 4.58. The second-order valence-electron chi connectivity index (χ2n) is 5.24. The fourth-order valence-electron chi connectivity index (χ4n) is 1.98. The van der Waals surface area contributed by atoms with Crippen LogP contribution in [0, 0.1) is 13.8 Å². The van der Waals surface area contributed by atoms with Crippen molar-refractivity contribution in [1.82, 2.24) is 0 Å². The van der Waals surface area contributed by atoms with Crippen molar-refractivity contribution < 1.29 is 9.59 Å². The molecule has 0 spiro atoms. The van der Waals surface area contributed by atoms with E-state index in [1.807, 2.05) is 26.0 Å². The van der Waals surface area contributed by atoms with Crippen LogP contribution in [-0.2, 0) is 9.59 Å². The van der Waals surface area contributed by atoms with Crippen LogP contribution in [0.1, 0.15) is 17.5 Å². The molecular formula is C17H16Cl2N2O2. The van der Waals surface area contributed by atoms with Gasteiger partial charge in [-0.3, -0.25) is 9.59 Å². The third-order valence-electron chi connectivity index (χ3n) is 3.12. The van der Waals surface area contributed by atoms with Crippen molar-refractivity contribution in [2.75, 3.05) is 10.6 Å². The highest BCUT2D eigenvalue weighted by molar-refractivity contribution is 6.34. The van der Waals surface area contributed by atoms with E-state index < -0.39 is 11.8 Å². The van der Waals surface area contributed by atoms with Crippen LogP contribution in [-0.4, -0.2) is 11.8 Å². The molecule has 4 nitrogen and oxygen atoms in total. The van der Waals surface area contributed by atoms with Crippen molar-refractivity contribution in [3.05, 3.63) is 57.6 Å². The zero-order valence-corrected chi connectivity index (χ0v) is 14.3. The Balaban J connectivity index is 1.95. The predicted molar refractivity (Wildman–Crippen MR) is 94.3 cm³/mol. The van der Waals surface area contributed by atoms with Gasteiger partial charge in [-0.15, -0.1) is 0 Å². The number of carbonyl (C=O) groups is 2. The van der Waals surface area contributed by atoms with Crippen molar-refractivity contribution in [2.24, 2.45) is 0 Å². The lowest BCUT2D eigenvalue weighted by atomic mass is 10.2. The molecule has 0 bridgehead atoms. The first-order chi connectivity index (χ1) is 10.8. The van der Waals surface area contributed by atoms with Crippen molar-refractivity contribution in [3.63, 3.8) is 0 Å². The van der Waals surface area contributed by atoms with Crippen LogP contribution >= 0.6 is 23.2 Å². The summed E-state index contributed by atoms with van der Waals surface area (Å²) in [6, 6.07) is 10.5. The lowest BCUT2D eigenvalue weighted by molar-refractivity contribution is -0.123. The lowest BCUT2D eigenvalue weighted by Crippen LogP contribution is -2.21. The molecule has 23 heavy (non-hydrogen) atoms. The van der Waals surface area contributed by atoms with Gasteiger partial charge in [0.05, 0.1) is 21.4 Å². The zero-order valence-electron chi connectivity index (χ0n) is 12.7. The fraction of sp³-hybridized carbons (Fsp3) is 0.176. The fourth-order valence-corrected chi connectivity index (χ4v) is 2.54. The molecule has 0 radical (unpaired) electrons. The van der Waals surface area contributed by atoms with Crippen LogP contribution in [0.2, 0.25) is 10.0 Å². The Morgan fingerprint density at radius 3 is 1.57 bits per heavy atom. The SMILES string of the molecule is Cc1ccc(NC(=O)CC(=O)Nc2ccc(C)cc2Cl)c(Cl)c1. The Hall–Kier alpha value is -2.04. The average Bonchev–Trinajstić information content (AvgIpc) is 2.45. The van der Waals surface area contributed by atoms with Crippen LogP contribution in [0.4, 0.5) is 11.4 Å². The normalized spacial score (nSPS) is 10.3. The Morgan fingerprint density at radius 2 is 1.22 bits per heavy atom. The van der Waals surface area contributed by atoms with E-state index >= 15 is 0 Å². The van der Waals surface area contributed by atoms with E-state index in [2.05, 4.69) is 10.6 Å². The van der Waals surface area contributed by atoms with Gasteiger partial charge >= 0.3 is 0 Å². The van der Waals surface area contributed by atoms with Crippen LogP contribution in [0.25, 0.3) is 0 Å². The number of nitrogens with one attached hydrogen (secondary N) is 2. The molecule has 0 saturated heterocycles. The van der Waals surface area contributed by atoms with Gasteiger partial charge in [-0.05, 0) is 49.2 Å². The van der Waals surface area contributed by atoms with E-state index in [0.29, 0.717) is 21.4 Å². The van der Waals surface area contributed by atoms with Crippen LogP contribution < -0.4 is 10.6 Å². The third-order valence-corrected chi connectivity index (χ3v) is 3.74. The van der Waals surface area contributed by atoms with Crippen molar-refractivity contribution in [3.8, 4) is 0 Å². The summed E-state index contributed by atoms with van der Waals surface area (Å²) in [5, 5.41) is 6.09. The van der Waals surface area contributed by atoms with E-state index in [9.17, 15) is 9.59 Å². The Bertz CT molecular complexity index is 697. The molecule has 0 aromatic heterocycles. The molecular weight excluding hydrogens is 335 g/mol. The minimum absolute atomic E-state index is 0.325. The number of hydrogen-bond donors (Lipinski definition) is 2. The van der Waals surface area contributed by atoms with Gasteiger partial charge in [-0.25, -0.2) is 0 Å². The molecule has 6 heteroatoms. The van der Waals surface area contributed by atoms with E-state index in [0.717, 1.165) is 11.1 Å². The molecule has 2 aromatic rings. The molecule has 2 amide bonds. The van der Waals surface area contributed by atoms with Gasteiger partial charge in [0.1, 0.15) is 6.42 Å². The van der Waals surface area contributed by atoms with Gasteiger partial charge in [0.25, 0.3) is 0 Å². The van der Waals surface area contributed by atoms with Gasteiger partial charge in [0, 0.05) is 0 Å². The summed E-state index contributed by atoms with van der Waals surface area (Å²) >= 11 is 12.1. The summed E-state index contributed by atoms with van der Waals surface area (Å²) in [7, 11) is 0. The molecule has 2 N–H and O–H groups in total. The molecule has 2 rings (SSSR count). The third kappa shape index (κ3) is 4.98. The highest BCUT2D eigenvalue weighted by Gasteiger charge is 2.13. The smallest absolute Gasteiger partial charge is 0.233 e. The Morgan fingerprint density at radius 1 is 0.826 bits per heavy atom. The highest BCUT2D eigenvalue weighted by Crippen LogP contribution is 2.24.